The number of nitrogens with two attached hydrogens (primary N) is 1. The van der Waals surface area contributed by atoms with Gasteiger partial charge in [0.2, 0.25) is 0 Å². The molecule has 0 bridgehead atoms. The number of anilines is 1. The molecule has 1 aromatic heterocycles. The van der Waals surface area contributed by atoms with E-state index in [2.05, 4.69) is 14.8 Å². The zero-order valence-electron chi connectivity index (χ0n) is 10.2. The van der Waals surface area contributed by atoms with E-state index in [1.54, 1.807) is 0 Å². The van der Waals surface area contributed by atoms with E-state index >= 15 is 0 Å². The first kappa shape index (κ1) is 13.8. The molecule has 1 aromatic carbocycles. The van der Waals surface area contributed by atoms with Gasteiger partial charge in [0.05, 0.1) is 23.4 Å². The van der Waals surface area contributed by atoms with Crippen LogP contribution in [0.25, 0.3) is 5.69 Å². The first-order valence-electron chi connectivity index (χ1n) is 5.26. The Balaban J connectivity index is 2.60. The number of ether oxygens (including phenoxy) is 1. The molecule has 1 heterocycles. The number of carboxylic acids is 1. The van der Waals surface area contributed by atoms with Crippen molar-refractivity contribution in [3.63, 3.8) is 0 Å². The van der Waals surface area contributed by atoms with Gasteiger partial charge in [-0.2, -0.15) is 0 Å². The second-order valence-electron chi connectivity index (χ2n) is 3.71. The fraction of sp³-hybridized carbons (Fsp3) is 0.0909. The van der Waals surface area contributed by atoms with E-state index in [-0.39, 0.29) is 27.8 Å². The van der Waals surface area contributed by atoms with E-state index in [1.807, 2.05) is 0 Å². The topological polar surface area (TPSA) is 120 Å². The first-order valence-corrected chi connectivity index (χ1v) is 5.64. The van der Waals surface area contributed by atoms with Crippen LogP contribution in [0.4, 0.5) is 5.69 Å². The predicted molar refractivity (Wildman–Crippen MR) is 69.1 cm³/mol. The molecule has 0 aliphatic carbocycles. The predicted octanol–water partition coefficient (Wildman–Crippen LogP) is 0.988. The van der Waals surface area contributed by atoms with Crippen LogP contribution in [0.2, 0.25) is 5.02 Å². The summed E-state index contributed by atoms with van der Waals surface area (Å²) in [4.78, 5) is 26.2. The molecule has 8 nitrogen and oxygen atoms in total. The molecule has 0 atom stereocenters. The number of nitrogens with zero attached hydrogens (tertiary/aromatic N) is 3. The lowest BCUT2D eigenvalue weighted by atomic mass is 10.1. The maximum absolute atomic E-state index is 11.3. The lowest BCUT2D eigenvalue weighted by Crippen LogP contribution is -2.09. The van der Waals surface area contributed by atoms with Crippen LogP contribution in [-0.4, -0.2) is 38.9 Å². The van der Waals surface area contributed by atoms with E-state index < -0.39 is 11.9 Å². The number of halogens is 1. The van der Waals surface area contributed by atoms with Crippen molar-refractivity contribution in [2.24, 2.45) is 0 Å². The maximum atomic E-state index is 11.3. The second-order valence-corrected chi connectivity index (χ2v) is 4.12. The zero-order valence-corrected chi connectivity index (χ0v) is 11.0. The second kappa shape index (κ2) is 5.17. The van der Waals surface area contributed by atoms with Crippen LogP contribution in [-0.2, 0) is 4.74 Å². The highest BCUT2D eigenvalue weighted by Gasteiger charge is 2.19. The largest absolute Gasteiger partial charge is 0.478 e. The average Bonchev–Trinajstić information content (AvgIpc) is 2.86. The van der Waals surface area contributed by atoms with Gasteiger partial charge in [0, 0.05) is 5.69 Å². The number of carbonyl (C=O) groups excluding carboxylic acids is 1. The Morgan fingerprint density at radius 3 is 2.75 bits per heavy atom. The van der Waals surface area contributed by atoms with Crippen molar-refractivity contribution < 1.29 is 19.4 Å². The molecule has 0 spiro atoms. The van der Waals surface area contributed by atoms with Crippen LogP contribution in [0.3, 0.4) is 0 Å². The Morgan fingerprint density at radius 2 is 2.15 bits per heavy atom. The summed E-state index contributed by atoms with van der Waals surface area (Å²) in [5.41, 5.74) is 5.66. The van der Waals surface area contributed by atoms with E-state index in [4.69, 9.17) is 17.3 Å². The average molecular weight is 297 g/mol. The van der Waals surface area contributed by atoms with Gasteiger partial charge < -0.3 is 15.6 Å². The van der Waals surface area contributed by atoms with Crippen LogP contribution in [0.5, 0.6) is 0 Å². The molecule has 0 radical (unpaired) electrons. The Kier molecular flexibility index (Phi) is 3.57. The highest BCUT2D eigenvalue weighted by molar-refractivity contribution is 6.33. The van der Waals surface area contributed by atoms with Crippen molar-refractivity contribution in [1.29, 1.82) is 0 Å². The Hall–Kier alpha value is -2.61. The number of carbonyl (C=O) groups is 2. The van der Waals surface area contributed by atoms with Gasteiger partial charge in [-0.1, -0.05) is 11.6 Å². The van der Waals surface area contributed by atoms with Crippen LogP contribution >= 0.6 is 11.6 Å². The minimum absolute atomic E-state index is 0.0658. The molecule has 0 aliphatic rings. The van der Waals surface area contributed by atoms with Crippen LogP contribution in [0.15, 0.2) is 18.5 Å². The summed E-state index contributed by atoms with van der Waals surface area (Å²) in [5.74, 6) is -2.19. The number of rotatable bonds is 3. The van der Waals surface area contributed by atoms with Gasteiger partial charge in [0.15, 0.2) is 0 Å². The SMILES string of the molecule is COC(=O)c1ncn(-c2c(Cl)cc(N)cc2C(=O)O)n1. The van der Waals surface area contributed by atoms with Crippen molar-refractivity contribution in [2.45, 2.75) is 0 Å². The normalized spacial score (nSPS) is 10.3. The minimum atomic E-state index is -1.23. The number of aromatic carboxylic acids is 1. The molecular weight excluding hydrogens is 288 g/mol. The Labute approximate surface area is 117 Å². The molecule has 0 amide bonds. The molecule has 2 rings (SSSR count). The van der Waals surface area contributed by atoms with Gasteiger partial charge in [0.1, 0.15) is 6.33 Å². The van der Waals surface area contributed by atoms with Crippen LogP contribution < -0.4 is 5.73 Å². The smallest absolute Gasteiger partial charge is 0.377 e. The number of benzene rings is 1. The standard InChI is InChI=1S/C11H9ClN4O4/c1-20-11(19)9-14-4-16(15-9)8-6(10(17)18)2-5(13)3-7(8)12/h2-4H,13H2,1H3,(H,17,18). The lowest BCUT2D eigenvalue weighted by Gasteiger charge is -2.09. The minimum Gasteiger partial charge on any atom is -0.478 e. The van der Waals surface area contributed by atoms with Gasteiger partial charge in [0.25, 0.3) is 5.82 Å². The summed E-state index contributed by atoms with van der Waals surface area (Å²) in [7, 11) is 1.18. The van der Waals surface area contributed by atoms with Gasteiger partial charge in [-0.3, -0.25) is 0 Å². The number of nitrogen functional groups attached to an aromatic ring is 1. The molecular formula is C11H9ClN4O4. The molecule has 9 heteroatoms. The third-order valence-corrected chi connectivity index (χ3v) is 2.69. The highest BCUT2D eigenvalue weighted by Crippen LogP contribution is 2.27. The summed E-state index contributed by atoms with van der Waals surface area (Å²) in [6, 6.07) is 2.62. The number of hydrogen-bond acceptors (Lipinski definition) is 6. The van der Waals surface area contributed by atoms with Crippen LogP contribution in [0, 0.1) is 0 Å². The van der Waals surface area contributed by atoms with E-state index in [0.717, 1.165) is 11.0 Å². The molecule has 3 N–H and O–H groups in total. The van der Waals surface area contributed by atoms with Gasteiger partial charge in [-0.25, -0.2) is 19.3 Å². The number of carboxylic acid groups (broad SMARTS) is 1. The Morgan fingerprint density at radius 1 is 1.45 bits per heavy atom. The molecule has 20 heavy (non-hydrogen) atoms. The van der Waals surface area contributed by atoms with Crippen molar-refractivity contribution >= 4 is 29.2 Å². The summed E-state index contributed by atoms with van der Waals surface area (Å²) < 4.78 is 5.55. The molecule has 0 aliphatic heterocycles. The molecule has 2 aromatic rings. The summed E-state index contributed by atoms with van der Waals surface area (Å²) in [5, 5.41) is 13.1. The maximum Gasteiger partial charge on any atom is 0.377 e. The zero-order chi connectivity index (χ0) is 14.9. The van der Waals surface area contributed by atoms with Crippen molar-refractivity contribution in [3.8, 4) is 5.69 Å². The fourth-order valence-corrected chi connectivity index (χ4v) is 1.89. The van der Waals surface area contributed by atoms with Crippen molar-refractivity contribution in [3.05, 3.63) is 34.9 Å². The molecule has 0 unspecified atom stereocenters. The third-order valence-electron chi connectivity index (χ3n) is 2.41. The molecule has 0 saturated heterocycles. The Bertz CT molecular complexity index is 698. The monoisotopic (exact) mass is 296 g/mol. The highest BCUT2D eigenvalue weighted by atomic mass is 35.5. The molecule has 0 fully saturated rings. The summed E-state index contributed by atoms with van der Waals surface area (Å²) >= 11 is 5.99. The van der Waals surface area contributed by atoms with Crippen molar-refractivity contribution in [2.75, 3.05) is 12.8 Å². The van der Waals surface area contributed by atoms with Gasteiger partial charge in [-0.05, 0) is 12.1 Å². The van der Waals surface area contributed by atoms with E-state index in [9.17, 15) is 14.7 Å². The molecule has 104 valence electrons. The number of methoxy groups -OCH3 is 1. The first-order chi connectivity index (χ1) is 9.43. The summed E-state index contributed by atoms with van der Waals surface area (Å²) in [6.45, 7) is 0. The summed E-state index contributed by atoms with van der Waals surface area (Å²) in [6.07, 6.45) is 1.16. The number of aromatic nitrogens is 3. The van der Waals surface area contributed by atoms with Gasteiger partial charge in [-0.15, -0.1) is 5.10 Å². The fourth-order valence-electron chi connectivity index (χ4n) is 1.57. The quantitative estimate of drug-likeness (QED) is 0.640. The third kappa shape index (κ3) is 2.41. The van der Waals surface area contributed by atoms with E-state index in [0.29, 0.717) is 0 Å². The van der Waals surface area contributed by atoms with Gasteiger partial charge >= 0.3 is 11.9 Å². The number of hydrogen-bond donors (Lipinski definition) is 2. The lowest BCUT2D eigenvalue weighted by molar-refractivity contribution is 0.0586. The van der Waals surface area contributed by atoms with Crippen LogP contribution in [0.1, 0.15) is 21.0 Å². The van der Waals surface area contributed by atoms with Crippen molar-refractivity contribution in [1.82, 2.24) is 14.8 Å². The number of esters is 1. The van der Waals surface area contributed by atoms with E-state index in [1.165, 1.54) is 19.2 Å². The molecule has 0 saturated carbocycles.